The Balaban J connectivity index is 1.80. The second-order valence-electron chi connectivity index (χ2n) is 4.20. The van der Waals surface area contributed by atoms with E-state index in [1.807, 2.05) is 30.3 Å². The van der Waals surface area contributed by atoms with E-state index in [-0.39, 0.29) is 11.5 Å². The molecule has 0 saturated carbocycles. The van der Waals surface area contributed by atoms with Crippen molar-refractivity contribution in [1.82, 2.24) is 4.98 Å². The van der Waals surface area contributed by atoms with Gasteiger partial charge in [0.15, 0.2) is 0 Å². The van der Waals surface area contributed by atoms with Gasteiger partial charge in [0.05, 0.1) is 10.6 Å². The first-order chi connectivity index (χ1) is 10.1. The van der Waals surface area contributed by atoms with E-state index in [4.69, 9.17) is 5.11 Å². The van der Waals surface area contributed by atoms with Gasteiger partial charge >= 0.3 is 5.97 Å². The molecule has 108 valence electrons. The normalized spacial score (nSPS) is 10.1. The van der Waals surface area contributed by atoms with E-state index in [0.717, 1.165) is 5.69 Å². The minimum Gasteiger partial charge on any atom is -0.478 e. The Kier molecular flexibility index (Phi) is 5.34. The SMILES string of the molecule is O=C(CCSc1cc(C(=O)O)ccn1)Nc1ccccc1. The molecule has 0 atom stereocenters. The number of hydrogen-bond donors (Lipinski definition) is 2. The second kappa shape index (κ2) is 7.44. The third-order valence-electron chi connectivity index (χ3n) is 2.62. The van der Waals surface area contributed by atoms with Gasteiger partial charge < -0.3 is 10.4 Å². The Bertz CT molecular complexity index is 632. The highest BCUT2D eigenvalue weighted by Crippen LogP contribution is 2.17. The molecule has 1 amide bonds. The number of anilines is 1. The van der Waals surface area contributed by atoms with Gasteiger partial charge in [-0.3, -0.25) is 4.79 Å². The molecule has 2 N–H and O–H groups in total. The summed E-state index contributed by atoms with van der Waals surface area (Å²) in [6, 6.07) is 12.2. The van der Waals surface area contributed by atoms with Crippen LogP contribution in [0.15, 0.2) is 53.7 Å². The monoisotopic (exact) mass is 302 g/mol. The third kappa shape index (κ3) is 4.92. The number of pyridine rings is 1. The topological polar surface area (TPSA) is 79.3 Å². The van der Waals surface area contributed by atoms with Gasteiger partial charge in [-0.1, -0.05) is 18.2 Å². The van der Waals surface area contributed by atoms with Crippen LogP contribution >= 0.6 is 11.8 Å². The zero-order valence-electron chi connectivity index (χ0n) is 11.2. The minimum absolute atomic E-state index is 0.0805. The molecular formula is C15H14N2O3S. The van der Waals surface area contributed by atoms with E-state index >= 15 is 0 Å². The Morgan fingerprint density at radius 2 is 1.95 bits per heavy atom. The number of carbonyl (C=O) groups is 2. The van der Waals surface area contributed by atoms with Crippen LogP contribution in [0.25, 0.3) is 0 Å². The maximum absolute atomic E-state index is 11.7. The summed E-state index contributed by atoms with van der Waals surface area (Å²) in [7, 11) is 0. The summed E-state index contributed by atoms with van der Waals surface area (Å²) in [5.74, 6) is -0.529. The van der Waals surface area contributed by atoms with Gasteiger partial charge in [0.25, 0.3) is 0 Å². The number of para-hydroxylation sites is 1. The molecular weight excluding hydrogens is 288 g/mol. The molecule has 0 aliphatic rings. The van der Waals surface area contributed by atoms with E-state index < -0.39 is 5.97 Å². The van der Waals surface area contributed by atoms with E-state index in [0.29, 0.717) is 17.2 Å². The number of amides is 1. The van der Waals surface area contributed by atoms with Gasteiger partial charge in [0, 0.05) is 24.1 Å². The molecule has 1 aromatic carbocycles. The fourth-order valence-corrected chi connectivity index (χ4v) is 2.46. The summed E-state index contributed by atoms with van der Waals surface area (Å²) < 4.78 is 0. The van der Waals surface area contributed by atoms with E-state index in [1.54, 1.807) is 0 Å². The lowest BCUT2D eigenvalue weighted by atomic mass is 10.3. The van der Waals surface area contributed by atoms with Crippen molar-refractivity contribution in [3.05, 3.63) is 54.2 Å². The predicted octanol–water partition coefficient (Wildman–Crippen LogP) is 2.90. The Morgan fingerprint density at radius 3 is 2.67 bits per heavy atom. The van der Waals surface area contributed by atoms with Crippen molar-refractivity contribution in [3.63, 3.8) is 0 Å². The molecule has 0 unspecified atom stereocenters. The summed E-state index contributed by atoms with van der Waals surface area (Å²) in [6.45, 7) is 0. The summed E-state index contributed by atoms with van der Waals surface area (Å²) >= 11 is 1.36. The first kappa shape index (κ1) is 15.1. The predicted molar refractivity (Wildman–Crippen MR) is 81.6 cm³/mol. The van der Waals surface area contributed by atoms with Crippen molar-refractivity contribution < 1.29 is 14.7 Å². The summed E-state index contributed by atoms with van der Waals surface area (Å²) in [6.07, 6.45) is 1.79. The molecule has 0 aliphatic heterocycles. The zero-order valence-corrected chi connectivity index (χ0v) is 12.0. The molecule has 0 fully saturated rings. The van der Waals surface area contributed by atoms with E-state index in [9.17, 15) is 9.59 Å². The molecule has 6 heteroatoms. The first-order valence-electron chi connectivity index (χ1n) is 6.32. The van der Waals surface area contributed by atoms with Crippen LogP contribution in [0.1, 0.15) is 16.8 Å². The number of carboxylic acid groups (broad SMARTS) is 1. The van der Waals surface area contributed by atoms with Gasteiger partial charge in [0.1, 0.15) is 0 Å². The highest BCUT2D eigenvalue weighted by molar-refractivity contribution is 7.99. The fourth-order valence-electron chi connectivity index (χ4n) is 1.61. The average molecular weight is 302 g/mol. The molecule has 1 heterocycles. The number of aromatic carboxylic acids is 1. The number of nitrogens with one attached hydrogen (secondary N) is 1. The van der Waals surface area contributed by atoms with Crippen molar-refractivity contribution in [2.75, 3.05) is 11.1 Å². The van der Waals surface area contributed by atoms with Gasteiger partial charge in [-0.05, 0) is 24.3 Å². The second-order valence-corrected chi connectivity index (χ2v) is 5.32. The molecule has 0 bridgehead atoms. The maximum Gasteiger partial charge on any atom is 0.335 e. The van der Waals surface area contributed by atoms with Crippen LogP contribution < -0.4 is 5.32 Å². The van der Waals surface area contributed by atoms with Crippen LogP contribution in [0, 0.1) is 0 Å². The van der Waals surface area contributed by atoms with Gasteiger partial charge in [-0.25, -0.2) is 9.78 Å². The quantitative estimate of drug-likeness (QED) is 0.802. The van der Waals surface area contributed by atoms with Crippen LogP contribution in [0.5, 0.6) is 0 Å². The molecule has 1 aromatic heterocycles. The molecule has 2 rings (SSSR count). The van der Waals surface area contributed by atoms with Crippen molar-refractivity contribution in [3.8, 4) is 0 Å². The lowest BCUT2D eigenvalue weighted by Gasteiger charge is -2.05. The van der Waals surface area contributed by atoms with E-state index in [2.05, 4.69) is 10.3 Å². The van der Waals surface area contributed by atoms with Crippen LogP contribution in [0.4, 0.5) is 5.69 Å². The fraction of sp³-hybridized carbons (Fsp3) is 0.133. The molecule has 0 spiro atoms. The molecule has 2 aromatic rings. The Hall–Kier alpha value is -2.34. The van der Waals surface area contributed by atoms with E-state index in [1.165, 1.54) is 30.1 Å². The Labute approximate surface area is 126 Å². The lowest BCUT2D eigenvalue weighted by molar-refractivity contribution is -0.115. The average Bonchev–Trinajstić information content (AvgIpc) is 2.48. The number of nitrogens with zero attached hydrogens (tertiary/aromatic N) is 1. The van der Waals surface area contributed by atoms with Crippen LogP contribution in [-0.4, -0.2) is 27.7 Å². The maximum atomic E-state index is 11.7. The third-order valence-corrected chi connectivity index (χ3v) is 3.55. The molecule has 21 heavy (non-hydrogen) atoms. The smallest absolute Gasteiger partial charge is 0.335 e. The van der Waals surface area contributed by atoms with Crippen molar-refractivity contribution in [1.29, 1.82) is 0 Å². The molecule has 5 nitrogen and oxygen atoms in total. The van der Waals surface area contributed by atoms with Crippen molar-refractivity contribution in [2.45, 2.75) is 11.4 Å². The summed E-state index contributed by atoms with van der Waals surface area (Å²) in [5.41, 5.74) is 0.958. The van der Waals surface area contributed by atoms with Gasteiger partial charge in [0.2, 0.25) is 5.91 Å². The molecule has 0 radical (unpaired) electrons. The van der Waals surface area contributed by atoms with Crippen LogP contribution in [0.3, 0.4) is 0 Å². The number of carbonyl (C=O) groups excluding carboxylic acids is 1. The highest BCUT2D eigenvalue weighted by Gasteiger charge is 2.06. The highest BCUT2D eigenvalue weighted by atomic mass is 32.2. The van der Waals surface area contributed by atoms with Gasteiger partial charge in [-0.15, -0.1) is 11.8 Å². The number of hydrogen-bond acceptors (Lipinski definition) is 4. The lowest BCUT2D eigenvalue weighted by Crippen LogP contribution is -2.12. The van der Waals surface area contributed by atoms with Crippen molar-refractivity contribution >= 4 is 29.3 Å². The summed E-state index contributed by atoms with van der Waals surface area (Å²) in [4.78, 5) is 26.6. The van der Waals surface area contributed by atoms with Gasteiger partial charge in [-0.2, -0.15) is 0 Å². The number of aromatic nitrogens is 1. The number of rotatable bonds is 6. The minimum atomic E-state index is -0.985. The number of benzene rings is 1. The zero-order chi connectivity index (χ0) is 15.1. The molecule has 0 aliphatic carbocycles. The first-order valence-corrected chi connectivity index (χ1v) is 7.31. The molecule has 0 saturated heterocycles. The summed E-state index contributed by atoms with van der Waals surface area (Å²) in [5, 5.41) is 12.3. The standard InChI is InChI=1S/C15H14N2O3S/c18-13(17-12-4-2-1-3-5-12)7-9-21-14-10-11(15(19)20)6-8-16-14/h1-6,8,10H,7,9H2,(H,17,18)(H,19,20). The Morgan fingerprint density at radius 1 is 1.19 bits per heavy atom. The largest absolute Gasteiger partial charge is 0.478 e. The van der Waals surface area contributed by atoms with Crippen molar-refractivity contribution in [2.24, 2.45) is 0 Å². The number of thioether (sulfide) groups is 1. The van der Waals surface area contributed by atoms with Crippen LogP contribution in [-0.2, 0) is 4.79 Å². The number of carboxylic acids is 1. The van der Waals surface area contributed by atoms with Crippen LogP contribution in [0.2, 0.25) is 0 Å².